The minimum absolute atomic E-state index is 0.0166. The molecular weight excluding hydrogens is 352 g/mol. The number of hydrogen-bond donors (Lipinski definition) is 1. The summed E-state index contributed by atoms with van der Waals surface area (Å²) in [7, 11) is 0. The largest absolute Gasteiger partial charge is 0.369 e. The van der Waals surface area contributed by atoms with E-state index in [1.54, 1.807) is 18.2 Å². The molecule has 0 aliphatic carbocycles. The molecule has 0 aliphatic heterocycles. The third-order valence-electron chi connectivity index (χ3n) is 2.87. The monoisotopic (exact) mass is 357 g/mol. The Morgan fingerprint density at radius 3 is 2.65 bits per heavy atom. The van der Waals surface area contributed by atoms with Gasteiger partial charge in [-0.2, -0.15) is 0 Å². The van der Waals surface area contributed by atoms with Crippen LogP contribution in [0.5, 0.6) is 0 Å². The van der Waals surface area contributed by atoms with E-state index >= 15 is 0 Å². The van der Waals surface area contributed by atoms with Crippen LogP contribution >= 0.6 is 27.5 Å². The van der Waals surface area contributed by atoms with Crippen molar-refractivity contribution < 1.29 is 8.78 Å². The van der Waals surface area contributed by atoms with E-state index in [0.717, 1.165) is 6.07 Å². The van der Waals surface area contributed by atoms with Gasteiger partial charge in [-0.3, -0.25) is 4.57 Å². The molecule has 0 fully saturated rings. The van der Waals surface area contributed by atoms with Gasteiger partial charge in [0.2, 0.25) is 5.95 Å². The zero-order valence-electron chi connectivity index (χ0n) is 9.87. The number of nitrogen functional groups attached to an aromatic ring is 1. The average Bonchev–Trinajstić information content (AvgIpc) is 2.70. The normalized spacial score (nSPS) is 11.2. The number of halogens is 4. The number of benzene rings is 2. The Morgan fingerprint density at radius 1 is 1.20 bits per heavy atom. The Bertz CT molecular complexity index is 832. The van der Waals surface area contributed by atoms with Crippen LogP contribution in [0.1, 0.15) is 0 Å². The topological polar surface area (TPSA) is 43.8 Å². The zero-order chi connectivity index (χ0) is 14.4. The number of nitrogens with two attached hydrogens (primary N) is 1. The smallest absolute Gasteiger partial charge is 0.206 e. The van der Waals surface area contributed by atoms with Crippen LogP contribution in [-0.4, -0.2) is 9.55 Å². The summed E-state index contributed by atoms with van der Waals surface area (Å²) in [5, 5.41) is 0.459. The van der Waals surface area contributed by atoms with Gasteiger partial charge < -0.3 is 5.73 Å². The van der Waals surface area contributed by atoms with E-state index in [1.165, 1.54) is 10.6 Å². The Morgan fingerprint density at radius 2 is 1.95 bits per heavy atom. The van der Waals surface area contributed by atoms with Crippen molar-refractivity contribution in [3.63, 3.8) is 0 Å². The first kappa shape index (κ1) is 13.3. The van der Waals surface area contributed by atoms with Crippen molar-refractivity contribution in [2.45, 2.75) is 0 Å². The van der Waals surface area contributed by atoms with Gasteiger partial charge in [-0.1, -0.05) is 11.6 Å². The number of fused-ring (bicyclic) bond motifs is 1. The molecule has 2 N–H and O–H groups in total. The van der Waals surface area contributed by atoms with E-state index in [2.05, 4.69) is 20.9 Å². The zero-order valence-corrected chi connectivity index (χ0v) is 12.2. The van der Waals surface area contributed by atoms with Gasteiger partial charge in [-0.05, 0) is 34.1 Å². The highest BCUT2D eigenvalue weighted by Gasteiger charge is 2.15. The first-order valence-corrected chi connectivity index (χ1v) is 6.73. The van der Waals surface area contributed by atoms with Gasteiger partial charge in [-0.15, -0.1) is 0 Å². The van der Waals surface area contributed by atoms with Crippen LogP contribution in [0.3, 0.4) is 0 Å². The van der Waals surface area contributed by atoms with Crippen molar-refractivity contribution in [2.75, 3.05) is 5.73 Å². The SMILES string of the molecule is Nc1nc2c(F)cc(F)cc2n1-c1ccc(Br)c(Cl)c1. The molecule has 0 aliphatic rings. The third-order valence-corrected chi connectivity index (χ3v) is 4.10. The maximum atomic E-state index is 13.7. The van der Waals surface area contributed by atoms with Gasteiger partial charge in [0, 0.05) is 16.6 Å². The highest BCUT2D eigenvalue weighted by atomic mass is 79.9. The van der Waals surface area contributed by atoms with Crippen molar-refractivity contribution >= 4 is 44.5 Å². The first-order chi connectivity index (χ1) is 9.47. The van der Waals surface area contributed by atoms with Crippen LogP contribution in [0.2, 0.25) is 5.02 Å². The van der Waals surface area contributed by atoms with E-state index in [4.69, 9.17) is 17.3 Å². The van der Waals surface area contributed by atoms with Gasteiger partial charge in [0.15, 0.2) is 5.82 Å². The lowest BCUT2D eigenvalue weighted by Crippen LogP contribution is -2.00. The number of imidazole rings is 1. The van der Waals surface area contributed by atoms with Crippen molar-refractivity contribution in [3.8, 4) is 5.69 Å². The molecule has 3 nitrogen and oxygen atoms in total. The highest BCUT2D eigenvalue weighted by Crippen LogP contribution is 2.30. The average molecular weight is 359 g/mol. The number of aromatic nitrogens is 2. The molecular formula is C13H7BrClF2N3. The Hall–Kier alpha value is -1.66. The van der Waals surface area contributed by atoms with Crippen LogP contribution in [0.25, 0.3) is 16.7 Å². The van der Waals surface area contributed by atoms with E-state index in [9.17, 15) is 8.78 Å². The minimum atomic E-state index is -0.756. The molecule has 1 aromatic heterocycles. The predicted molar refractivity (Wildman–Crippen MR) is 78.1 cm³/mol. The second-order valence-electron chi connectivity index (χ2n) is 4.16. The molecule has 1 heterocycles. The summed E-state index contributed by atoms with van der Waals surface area (Å²) in [6.45, 7) is 0. The standard InChI is InChI=1S/C13H7BrClF2N3/c14-8-2-1-7(5-9(8)15)20-11-4-6(16)3-10(17)12(11)19-13(20)18/h1-5H,(H2,18,19). The lowest BCUT2D eigenvalue weighted by molar-refractivity contribution is 0.590. The molecule has 0 saturated heterocycles. The summed E-state index contributed by atoms with van der Waals surface area (Å²) < 4.78 is 29.2. The number of anilines is 1. The Labute approximate surface area is 126 Å². The summed E-state index contributed by atoms with van der Waals surface area (Å²) in [4.78, 5) is 3.93. The lowest BCUT2D eigenvalue weighted by Gasteiger charge is -2.08. The van der Waals surface area contributed by atoms with Gasteiger partial charge in [0.05, 0.1) is 16.2 Å². The molecule has 0 saturated carbocycles. The molecule has 7 heteroatoms. The maximum absolute atomic E-state index is 13.7. The Balaban J connectivity index is 2.35. The summed E-state index contributed by atoms with van der Waals surface area (Å²) in [6, 6.07) is 7.02. The van der Waals surface area contributed by atoms with Crippen LogP contribution in [0, 0.1) is 11.6 Å². The van der Waals surface area contributed by atoms with Crippen molar-refractivity contribution in [1.29, 1.82) is 0 Å². The number of nitrogens with zero attached hydrogens (tertiary/aromatic N) is 2. The van der Waals surface area contributed by atoms with Crippen LogP contribution in [0.4, 0.5) is 14.7 Å². The second kappa shape index (κ2) is 4.71. The highest BCUT2D eigenvalue weighted by molar-refractivity contribution is 9.10. The third kappa shape index (κ3) is 2.05. The number of rotatable bonds is 1. The summed E-state index contributed by atoms with van der Waals surface area (Å²) in [5.41, 5.74) is 6.64. The molecule has 0 radical (unpaired) electrons. The molecule has 0 bridgehead atoms. The van der Waals surface area contributed by atoms with Crippen molar-refractivity contribution in [2.24, 2.45) is 0 Å². The van der Waals surface area contributed by atoms with E-state index in [-0.39, 0.29) is 17.0 Å². The second-order valence-corrected chi connectivity index (χ2v) is 5.42. The van der Waals surface area contributed by atoms with Gasteiger partial charge in [0.1, 0.15) is 11.3 Å². The molecule has 0 amide bonds. The Kier molecular flexibility index (Phi) is 3.14. The maximum Gasteiger partial charge on any atom is 0.206 e. The fraction of sp³-hybridized carbons (Fsp3) is 0. The van der Waals surface area contributed by atoms with Crippen LogP contribution in [0.15, 0.2) is 34.8 Å². The quantitative estimate of drug-likeness (QED) is 0.705. The summed E-state index contributed by atoms with van der Waals surface area (Å²) >= 11 is 9.30. The fourth-order valence-electron chi connectivity index (χ4n) is 2.02. The molecule has 0 spiro atoms. The van der Waals surface area contributed by atoms with Crippen molar-refractivity contribution in [1.82, 2.24) is 9.55 Å². The predicted octanol–water partition coefficient (Wildman–Crippen LogP) is 4.30. The lowest BCUT2D eigenvalue weighted by atomic mass is 10.2. The van der Waals surface area contributed by atoms with Gasteiger partial charge in [0.25, 0.3) is 0 Å². The molecule has 3 rings (SSSR count). The molecule has 102 valence electrons. The summed E-state index contributed by atoms with van der Waals surface area (Å²) in [5.74, 6) is -1.39. The van der Waals surface area contributed by atoms with Gasteiger partial charge >= 0.3 is 0 Å². The van der Waals surface area contributed by atoms with E-state index in [0.29, 0.717) is 15.2 Å². The van der Waals surface area contributed by atoms with Gasteiger partial charge in [-0.25, -0.2) is 13.8 Å². The van der Waals surface area contributed by atoms with Crippen molar-refractivity contribution in [3.05, 3.63) is 51.5 Å². The molecule has 2 aromatic carbocycles. The molecule has 3 aromatic rings. The van der Waals surface area contributed by atoms with Crippen LogP contribution < -0.4 is 5.73 Å². The molecule has 0 atom stereocenters. The molecule has 20 heavy (non-hydrogen) atoms. The summed E-state index contributed by atoms with van der Waals surface area (Å²) in [6.07, 6.45) is 0. The number of hydrogen-bond acceptors (Lipinski definition) is 2. The van der Waals surface area contributed by atoms with Crippen LogP contribution in [-0.2, 0) is 0 Å². The fourth-order valence-corrected chi connectivity index (χ4v) is 2.44. The first-order valence-electron chi connectivity index (χ1n) is 5.56. The minimum Gasteiger partial charge on any atom is -0.369 e. The molecule has 0 unspecified atom stereocenters. The van der Waals surface area contributed by atoms with E-state index < -0.39 is 11.6 Å². The van der Waals surface area contributed by atoms with E-state index in [1.807, 2.05) is 0 Å².